The molecule has 0 aliphatic rings. The third kappa shape index (κ3) is 5.69. The third-order valence-electron chi connectivity index (χ3n) is 2.85. The summed E-state index contributed by atoms with van der Waals surface area (Å²) < 4.78 is 13.1. The molecule has 2 amide bonds. The highest BCUT2D eigenvalue weighted by Gasteiger charge is 2.09. The number of aryl methyl sites for hydroxylation is 1. The molecule has 1 aromatic rings. The molecule has 6 heteroatoms. The van der Waals surface area contributed by atoms with E-state index in [1.54, 1.807) is 19.9 Å². The van der Waals surface area contributed by atoms with Crippen LogP contribution in [0.5, 0.6) is 0 Å². The molecule has 1 atom stereocenters. The van der Waals surface area contributed by atoms with E-state index in [1.807, 2.05) is 0 Å². The Morgan fingerprint density at radius 3 is 2.75 bits per heavy atom. The normalized spacial score (nSPS) is 11.8. The number of carboxylic acids is 1. The highest BCUT2D eigenvalue weighted by molar-refractivity contribution is 5.90. The number of carboxylic acid groups (broad SMARTS) is 1. The number of benzene rings is 1. The first kappa shape index (κ1) is 15.9. The maximum absolute atomic E-state index is 13.1. The van der Waals surface area contributed by atoms with Crippen LogP contribution in [0.15, 0.2) is 18.2 Å². The molecule has 0 fully saturated rings. The average molecular weight is 282 g/mol. The summed E-state index contributed by atoms with van der Waals surface area (Å²) in [7, 11) is 0. The van der Waals surface area contributed by atoms with E-state index in [2.05, 4.69) is 10.6 Å². The Labute approximate surface area is 117 Å². The van der Waals surface area contributed by atoms with Crippen molar-refractivity contribution in [3.05, 3.63) is 29.6 Å². The first-order valence-corrected chi connectivity index (χ1v) is 6.44. The second-order valence-corrected chi connectivity index (χ2v) is 4.74. The number of hydrogen-bond donors (Lipinski definition) is 3. The number of hydrogen-bond acceptors (Lipinski definition) is 2. The van der Waals surface area contributed by atoms with Crippen molar-refractivity contribution in [2.75, 3.05) is 5.32 Å². The molecule has 1 rings (SSSR count). The maximum atomic E-state index is 13.1. The van der Waals surface area contributed by atoms with Crippen LogP contribution < -0.4 is 10.6 Å². The van der Waals surface area contributed by atoms with Crippen molar-refractivity contribution in [3.8, 4) is 0 Å². The molecule has 0 aliphatic carbocycles. The number of anilines is 1. The minimum Gasteiger partial charge on any atom is -0.481 e. The van der Waals surface area contributed by atoms with E-state index in [4.69, 9.17) is 5.11 Å². The van der Waals surface area contributed by atoms with Gasteiger partial charge < -0.3 is 15.7 Å². The molecule has 5 nitrogen and oxygen atoms in total. The lowest BCUT2D eigenvalue weighted by atomic mass is 10.1. The highest BCUT2D eigenvalue weighted by Crippen LogP contribution is 2.15. The van der Waals surface area contributed by atoms with E-state index in [-0.39, 0.29) is 12.5 Å². The van der Waals surface area contributed by atoms with Gasteiger partial charge in [0, 0.05) is 18.2 Å². The zero-order valence-electron chi connectivity index (χ0n) is 11.6. The van der Waals surface area contributed by atoms with Crippen molar-refractivity contribution in [2.45, 2.75) is 39.2 Å². The number of rotatable bonds is 6. The lowest BCUT2D eigenvalue weighted by Crippen LogP contribution is -2.36. The molecule has 0 radical (unpaired) electrons. The van der Waals surface area contributed by atoms with Crippen LogP contribution in [0.4, 0.5) is 14.9 Å². The number of nitrogens with one attached hydrogen (secondary N) is 2. The summed E-state index contributed by atoms with van der Waals surface area (Å²) in [6.07, 6.45) is 1.15. The standard InChI is InChI=1S/C14H19FN2O3/c1-9-6-7-11(15)8-12(9)17-14(20)16-10(2)4-3-5-13(18)19/h6-8,10H,3-5H2,1-2H3,(H,18,19)(H2,16,17,20). The number of carbonyl (C=O) groups excluding carboxylic acids is 1. The van der Waals surface area contributed by atoms with E-state index < -0.39 is 17.8 Å². The number of urea groups is 1. The number of halogens is 1. The summed E-state index contributed by atoms with van der Waals surface area (Å²) in [6, 6.07) is 3.59. The van der Waals surface area contributed by atoms with Crippen LogP contribution in [-0.2, 0) is 4.79 Å². The molecule has 0 aliphatic heterocycles. The van der Waals surface area contributed by atoms with Gasteiger partial charge in [-0.05, 0) is 44.4 Å². The smallest absolute Gasteiger partial charge is 0.319 e. The van der Waals surface area contributed by atoms with Gasteiger partial charge in [-0.25, -0.2) is 9.18 Å². The van der Waals surface area contributed by atoms with Crippen molar-refractivity contribution < 1.29 is 19.1 Å². The van der Waals surface area contributed by atoms with Crippen molar-refractivity contribution in [2.24, 2.45) is 0 Å². The molecule has 0 aromatic heterocycles. The van der Waals surface area contributed by atoms with Gasteiger partial charge in [0.05, 0.1) is 0 Å². The molecule has 1 unspecified atom stereocenters. The van der Waals surface area contributed by atoms with E-state index in [0.29, 0.717) is 18.5 Å². The number of amides is 2. The van der Waals surface area contributed by atoms with Crippen molar-refractivity contribution in [1.29, 1.82) is 0 Å². The van der Waals surface area contributed by atoms with Gasteiger partial charge in [-0.15, -0.1) is 0 Å². The van der Waals surface area contributed by atoms with E-state index in [0.717, 1.165) is 5.56 Å². The van der Waals surface area contributed by atoms with E-state index >= 15 is 0 Å². The molecule has 0 bridgehead atoms. The molecule has 20 heavy (non-hydrogen) atoms. The van der Waals surface area contributed by atoms with Crippen LogP contribution in [0.25, 0.3) is 0 Å². The SMILES string of the molecule is Cc1ccc(F)cc1NC(=O)NC(C)CCCC(=O)O. The predicted octanol–water partition coefficient (Wildman–Crippen LogP) is 2.90. The van der Waals surface area contributed by atoms with Gasteiger partial charge in [0.25, 0.3) is 0 Å². The van der Waals surface area contributed by atoms with Gasteiger partial charge in [0.15, 0.2) is 0 Å². The Kier molecular flexibility index (Phi) is 5.96. The fourth-order valence-electron chi connectivity index (χ4n) is 1.74. The summed E-state index contributed by atoms with van der Waals surface area (Å²) in [5.74, 6) is -1.27. The van der Waals surface area contributed by atoms with Crippen molar-refractivity contribution in [3.63, 3.8) is 0 Å². The molecule has 0 saturated carbocycles. The predicted molar refractivity (Wildman–Crippen MR) is 74.2 cm³/mol. The molecule has 0 heterocycles. The van der Waals surface area contributed by atoms with Crippen molar-refractivity contribution in [1.82, 2.24) is 5.32 Å². The van der Waals surface area contributed by atoms with Gasteiger partial charge in [-0.1, -0.05) is 6.07 Å². The quantitative estimate of drug-likeness (QED) is 0.750. The Bertz CT molecular complexity index is 491. The van der Waals surface area contributed by atoms with E-state index in [9.17, 15) is 14.0 Å². The van der Waals surface area contributed by atoms with E-state index in [1.165, 1.54) is 12.1 Å². The number of carbonyl (C=O) groups is 2. The summed E-state index contributed by atoms with van der Waals surface area (Å²) in [4.78, 5) is 22.1. The van der Waals surface area contributed by atoms with Crippen LogP contribution in [0, 0.1) is 12.7 Å². The summed E-state index contributed by atoms with van der Waals surface area (Å²) in [5, 5.41) is 13.8. The Morgan fingerprint density at radius 1 is 1.40 bits per heavy atom. The molecule has 110 valence electrons. The first-order chi connectivity index (χ1) is 9.38. The Balaban J connectivity index is 2.43. The Hall–Kier alpha value is -2.11. The zero-order chi connectivity index (χ0) is 15.1. The lowest BCUT2D eigenvalue weighted by molar-refractivity contribution is -0.137. The zero-order valence-corrected chi connectivity index (χ0v) is 11.6. The fraction of sp³-hybridized carbons (Fsp3) is 0.429. The topological polar surface area (TPSA) is 78.4 Å². The van der Waals surface area contributed by atoms with Crippen molar-refractivity contribution >= 4 is 17.7 Å². The summed E-state index contributed by atoms with van der Waals surface area (Å²) in [6.45, 7) is 3.56. The molecule has 3 N–H and O–H groups in total. The molecule has 0 spiro atoms. The number of aliphatic carboxylic acids is 1. The monoisotopic (exact) mass is 282 g/mol. The summed E-state index contributed by atoms with van der Waals surface area (Å²) in [5.41, 5.74) is 1.18. The lowest BCUT2D eigenvalue weighted by Gasteiger charge is -2.15. The van der Waals surface area contributed by atoms with Gasteiger partial charge in [0.1, 0.15) is 5.82 Å². The summed E-state index contributed by atoms with van der Waals surface area (Å²) >= 11 is 0. The molecular weight excluding hydrogens is 263 g/mol. The van der Waals surface area contributed by atoms with Crippen LogP contribution >= 0.6 is 0 Å². The van der Waals surface area contributed by atoms with Crippen LogP contribution in [0.3, 0.4) is 0 Å². The van der Waals surface area contributed by atoms with Crippen LogP contribution in [0.1, 0.15) is 31.7 Å². The van der Waals surface area contributed by atoms with Crippen LogP contribution in [0.2, 0.25) is 0 Å². The van der Waals surface area contributed by atoms with Gasteiger partial charge in [0.2, 0.25) is 0 Å². The van der Waals surface area contributed by atoms with Gasteiger partial charge in [-0.3, -0.25) is 4.79 Å². The molecule has 0 saturated heterocycles. The highest BCUT2D eigenvalue weighted by atomic mass is 19.1. The third-order valence-corrected chi connectivity index (χ3v) is 2.85. The largest absolute Gasteiger partial charge is 0.481 e. The first-order valence-electron chi connectivity index (χ1n) is 6.44. The van der Waals surface area contributed by atoms with Gasteiger partial charge in [-0.2, -0.15) is 0 Å². The minimum atomic E-state index is -0.850. The second-order valence-electron chi connectivity index (χ2n) is 4.74. The second kappa shape index (κ2) is 7.47. The Morgan fingerprint density at radius 2 is 2.10 bits per heavy atom. The molecule has 1 aromatic carbocycles. The molecular formula is C14H19FN2O3. The average Bonchev–Trinajstić information content (AvgIpc) is 2.33. The van der Waals surface area contributed by atoms with Gasteiger partial charge >= 0.3 is 12.0 Å². The van der Waals surface area contributed by atoms with Crippen LogP contribution in [-0.4, -0.2) is 23.1 Å². The maximum Gasteiger partial charge on any atom is 0.319 e. The minimum absolute atomic E-state index is 0.0800. The fourth-order valence-corrected chi connectivity index (χ4v) is 1.74.